The smallest absolute Gasteiger partial charge is 0.219 e. The van der Waals surface area contributed by atoms with Gasteiger partial charge in [-0.05, 0) is 54.8 Å². The third kappa shape index (κ3) is 7.26. The molecule has 1 N–H and O–H groups in total. The summed E-state index contributed by atoms with van der Waals surface area (Å²) in [6.07, 6.45) is 5.39. The lowest BCUT2D eigenvalue weighted by Crippen LogP contribution is -2.51. The Morgan fingerprint density at radius 2 is 1.89 bits per heavy atom. The van der Waals surface area contributed by atoms with Crippen LogP contribution >= 0.6 is 0 Å². The van der Waals surface area contributed by atoms with Crippen LogP contribution in [0.5, 0.6) is 17.2 Å². The minimum Gasteiger partial charge on any atom is -0.493 e. The van der Waals surface area contributed by atoms with E-state index in [1.54, 1.807) is 24.5 Å². The molecule has 1 amide bonds. The third-order valence-corrected chi connectivity index (χ3v) is 6.92. The van der Waals surface area contributed by atoms with Crippen molar-refractivity contribution in [2.45, 2.75) is 39.5 Å². The van der Waals surface area contributed by atoms with E-state index in [9.17, 15) is 9.90 Å². The third-order valence-electron chi connectivity index (χ3n) is 6.92. The summed E-state index contributed by atoms with van der Waals surface area (Å²) in [4.78, 5) is 20.2. The van der Waals surface area contributed by atoms with Gasteiger partial charge in [-0.25, -0.2) is 4.98 Å². The van der Waals surface area contributed by atoms with Gasteiger partial charge in [0.15, 0.2) is 11.5 Å². The lowest BCUT2D eigenvalue weighted by molar-refractivity contribution is -0.132. The van der Waals surface area contributed by atoms with Crippen molar-refractivity contribution in [3.8, 4) is 17.2 Å². The van der Waals surface area contributed by atoms with Gasteiger partial charge >= 0.3 is 0 Å². The van der Waals surface area contributed by atoms with Gasteiger partial charge in [0.2, 0.25) is 5.91 Å². The van der Waals surface area contributed by atoms with E-state index in [1.807, 2.05) is 54.1 Å². The highest BCUT2D eigenvalue weighted by atomic mass is 16.5. The van der Waals surface area contributed by atoms with Crippen LogP contribution in [-0.4, -0.2) is 82.5 Å². The number of hydrogen-bond donors (Lipinski definition) is 1. The van der Waals surface area contributed by atoms with Crippen molar-refractivity contribution >= 4 is 5.91 Å². The molecule has 0 saturated carbocycles. The summed E-state index contributed by atoms with van der Waals surface area (Å²) < 4.78 is 19.5. The summed E-state index contributed by atoms with van der Waals surface area (Å²) in [6, 6.07) is 11.8. The molecule has 1 atom stereocenters. The zero-order valence-corrected chi connectivity index (χ0v) is 22.7. The molecule has 3 aromatic rings. The second kappa shape index (κ2) is 12.3. The molecule has 2 heterocycles. The fraction of sp³-hybridized carbons (Fsp3) is 0.448. The van der Waals surface area contributed by atoms with Crippen LogP contribution in [0.2, 0.25) is 0 Å². The SMILES string of the molecule is COc1cc(CN2CCN(C(C)=O)CC(O)(COc3ccc(C)c(C)c3)C2)ccc1OCCn1ccnc1. The van der Waals surface area contributed by atoms with E-state index in [0.29, 0.717) is 56.6 Å². The van der Waals surface area contributed by atoms with Crippen molar-refractivity contribution in [1.29, 1.82) is 0 Å². The Bertz CT molecular complexity index is 1220. The van der Waals surface area contributed by atoms with Gasteiger partial charge in [-0.15, -0.1) is 0 Å². The lowest BCUT2D eigenvalue weighted by Gasteiger charge is -2.33. The van der Waals surface area contributed by atoms with Gasteiger partial charge in [0.1, 0.15) is 24.6 Å². The Balaban J connectivity index is 1.43. The van der Waals surface area contributed by atoms with Crippen molar-refractivity contribution in [3.05, 3.63) is 71.8 Å². The zero-order chi connectivity index (χ0) is 27.1. The van der Waals surface area contributed by atoms with Crippen LogP contribution in [0.15, 0.2) is 55.1 Å². The number of rotatable bonds is 10. The number of aromatic nitrogens is 2. The molecule has 1 aromatic heterocycles. The van der Waals surface area contributed by atoms with E-state index in [1.165, 1.54) is 12.5 Å². The molecule has 0 radical (unpaired) electrons. The number of benzene rings is 2. The molecule has 204 valence electrons. The molecule has 1 unspecified atom stereocenters. The van der Waals surface area contributed by atoms with Gasteiger partial charge < -0.3 is 28.8 Å². The van der Waals surface area contributed by atoms with E-state index in [-0.39, 0.29) is 19.1 Å². The largest absolute Gasteiger partial charge is 0.493 e. The number of imidazole rings is 1. The molecule has 38 heavy (non-hydrogen) atoms. The monoisotopic (exact) mass is 522 g/mol. The average Bonchev–Trinajstić information content (AvgIpc) is 3.35. The molecule has 2 aromatic carbocycles. The maximum absolute atomic E-state index is 12.3. The van der Waals surface area contributed by atoms with Crippen molar-refractivity contribution in [2.75, 3.05) is 46.5 Å². The maximum Gasteiger partial charge on any atom is 0.219 e. The van der Waals surface area contributed by atoms with Gasteiger partial charge in [0.05, 0.1) is 26.5 Å². The number of hydrogen-bond acceptors (Lipinski definition) is 7. The van der Waals surface area contributed by atoms with Crippen molar-refractivity contribution < 1.29 is 24.1 Å². The average molecular weight is 523 g/mol. The predicted octanol–water partition coefficient (Wildman–Crippen LogP) is 3.06. The molecular formula is C29H38N4O5. The molecule has 1 aliphatic heterocycles. The van der Waals surface area contributed by atoms with Crippen molar-refractivity contribution in [1.82, 2.24) is 19.4 Å². The van der Waals surface area contributed by atoms with Gasteiger partial charge in [0, 0.05) is 45.5 Å². The molecule has 9 nitrogen and oxygen atoms in total. The Morgan fingerprint density at radius 1 is 1.05 bits per heavy atom. The molecule has 1 aliphatic rings. The fourth-order valence-electron chi connectivity index (χ4n) is 4.63. The standard InChI is InChI=1S/C29H38N4O5/c1-22-5-7-26(15-23(22)2)38-20-29(35)18-32(11-12-33(19-29)24(3)34)17-25-6-8-27(28(16-25)36-4)37-14-13-31-10-9-30-21-31/h5-10,15-16,21,35H,11-14,17-20H2,1-4H3. The Hall–Kier alpha value is -3.56. The first-order chi connectivity index (χ1) is 18.2. The lowest BCUT2D eigenvalue weighted by atomic mass is 10.0. The highest BCUT2D eigenvalue weighted by molar-refractivity contribution is 5.73. The van der Waals surface area contributed by atoms with E-state index < -0.39 is 5.60 Å². The number of carbonyl (C=O) groups excluding carboxylic acids is 1. The highest BCUT2D eigenvalue weighted by Crippen LogP contribution is 2.29. The molecule has 4 rings (SSSR count). The molecule has 0 bridgehead atoms. The molecule has 1 saturated heterocycles. The van der Waals surface area contributed by atoms with E-state index in [2.05, 4.69) is 16.8 Å². The summed E-state index contributed by atoms with van der Waals surface area (Å²) >= 11 is 0. The summed E-state index contributed by atoms with van der Waals surface area (Å²) in [6.45, 7) is 9.24. The second-order valence-electron chi connectivity index (χ2n) is 10.0. The summed E-state index contributed by atoms with van der Waals surface area (Å²) in [5.41, 5.74) is 2.12. The molecule has 1 fully saturated rings. The fourth-order valence-corrected chi connectivity index (χ4v) is 4.63. The van der Waals surface area contributed by atoms with Gasteiger partial charge in [-0.3, -0.25) is 9.69 Å². The Morgan fingerprint density at radius 3 is 2.61 bits per heavy atom. The minimum atomic E-state index is -1.22. The Labute approximate surface area is 224 Å². The number of aryl methyl sites for hydroxylation is 2. The number of methoxy groups -OCH3 is 1. The number of ether oxygens (including phenoxy) is 3. The van der Waals surface area contributed by atoms with Crippen LogP contribution < -0.4 is 14.2 Å². The van der Waals surface area contributed by atoms with Crippen molar-refractivity contribution in [2.24, 2.45) is 0 Å². The van der Waals surface area contributed by atoms with E-state index in [4.69, 9.17) is 14.2 Å². The molecule has 9 heteroatoms. The van der Waals surface area contributed by atoms with Crippen molar-refractivity contribution in [3.63, 3.8) is 0 Å². The maximum atomic E-state index is 12.3. The van der Waals surface area contributed by atoms with Crippen LogP contribution in [0.4, 0.5) is 0 Å². The number of aliphatic hydroxyl groups is 1. The van der Waals surface area contributed by atoms with Gasteiger partial charge in [-0.2, -0.15) is 0 Å². The van der Waals surface area contributed by atoms with Crippen LogP contribution in [0, 0.1) is 13.8 Å². The highest BCUT2D eigenvalue weighted by Gasteiger charge is 2.37. The summed E-state index contributed by atoms with van der Waals surface area (Å²) in [5, 5.41) is 11.6. The van der Waals surface area contributed by atoms with E-state index >= 15 is 0 Å². The predicted molar refractivity (Wildman–Crippen MR) is 145 cm³/mol. The molecule has 0 aliphatic carbocycles. The number of β-amino-alcohol motifs (C(OH)–C–C–N with tert-alkyl or cyclic N) is 1. The second-order valence-corrected chi connectivity index (χ2v) is 10.0. The van der Waals surface area contributed by atoms with Gasteiger partial charge in [0.25, 0.3) is 0 Å². The van der Waals surface area contributed by atoms with Gasteiger partial charge in [-0.1, -0.05) is 12.1 Å². The molecular weight excluding hydrogens is 484 g/mol. The van der Waals surface area contributed by atoms with Crippen LogP contribution in [0.25, 0.3) is 0 Å². The first-order valence-corrected chi connectivity index (χ1v) is 12.9. The van der Waals surface area contributed by atoms with E-state index in [0.717, 1.165) is 11.1 Å². The zero-order valence-electron chi connectivity index (χ0n) is 22.7. The number of nitrogens with zero attached hydrogens (tertiary/aromatic N) is 4. The first kappa shape index (κ1) is 27.5. The normalized spacial score (nSPS) is 18.2. The van der Waals surface area contributed by atoms with Crippen LogP contribution in [0.3, 0.4) is 0 Å². The number of carbonyl (C=O) groups is 1. The summed E-state index contributed by atoms with van der Waals surface area (Å²) in [7, 11) is 1.63. The van der Waals surface area contributed by atoms with Crippen LogP contribution in [0.1, 0.15) is 23.6 Å². The molecule has 0 spiro atoms. The number of amides is 1. The minimum absolute atomic E-state index is 0.0599. The Kier molecular flexibility index (Phi) is 8.91. The van der Waals surface area contributed by atoms with Crippen LogP contribution in [-0.2, 0) is 17.9 Å². The quantitative estimate of drug-likeness (QED) is 0.438. The topological polar surface area (TPSA) is 89.3 Å². The summed E-state index contributed by atoms with van der Waals surface area (Å²) in [5.74, 6) is 1.98. The first-order valence-electron chi connectivity index (χ1n) is 12.9.